The largest absolute Gasteiger partial charge is 0.345 e. The summed E-state index contributed by atoms with van der Waals surface area (Å²) in [6.07, 6.45) is 1.14. The zero-order valence-electron chi connectivity index (χ0n) is 10.4. The Hall–Kier alpha value is -0.570. The van der Waals surface area contributed by atoms with Gasteiger partial charge in [0, 0.05) is 20.1 Å². The topological polar surface area (TPSA) is 32.3 Å². The molecule has 0 aromatic carbocycles. The predicted octanol–water partition coefficient (Wildman–Crippen LogP) is 1.35. The van der Waals surface area contributed by atoms with Gasteiger partial charge in [-0.1, -0.05) is 27.2 Å². The molecule has 0 aromatic rings. The zero-order valence-corrected chi connectivity index (χ0v) is 10.4. The second-order valence-electron chi connectivity index (χ2n) is 4.97. The van der Waals surface area contributed by atoms with Gasteiger partial charge in [-0.15, -0.1) is 0 Å². The van der Waals surface area contributed by atoms with Gasteiger partial charge >= 0.3 is 0 Å². The van der Waals surface area contributed by atoms with Gasteiger partial charge in [-0.3, -0.25) is 4.79 Å². The highest BCUT2D eigenvalue weighted by atomic mass is 16.2. The highest BCUT2D eigenvalue weighted by molar-refractivity contribution is 5.79. The first-order valence-corrected chi connectivity index (χ1v) is 6.02. The lowest BCUT2D eigenvalue weighted by atomic mass is 9.96. The first-order chi connectivity index (χ1) is 7.06. The minimum Gasteiger partial charge on any atom is -0.345 e. The van der Waals surface area contributed by atoms with Crippen molar-refractivity contribution in [2.45, 2.75) is 27.2 Å². The van der Waals surface area contributed by atoms with Crippen molar-refractivity contribution in [2.24, 2.45) is 17.8 Å². The van der Waals surface area contributed by atoms with Gasteiger partial charge in [0.05, 0.1) is 5.92 Å². The third-order valence-electron chi connectivity index (χ3n) is 3.49. The second kappa shape index (κ2) is 5.50. The molecule has 0 spiro atoms. The summed E-state index contributed by atoms with van der Waals surface area (Å²) in [4.78, 5) is 14.0. The average Bonchev–Trinajstić information content (AvgIpc) is 2.63. The summed E-state index contributed by atoms with van der Waals surface area (Å²) < 4.78 is 0. The number of nitrogens with one attached hydrogen (secondary N) is 1. The Balaban J connectivity index is 2.45. The fourth-order valence-electron chi connectivity index (χ4n) is 2.11. The Morgan fingerprint density at radius 1 is 1.53 bits per heavy atom. The van der Waals surface area contributed by atoms with E-state index in [4.69, 9.17) is 0 Å². The Morgan fingerprint density at radius 2 is 2.20 bits per heavy atom. The lowest BCUT2D eigenvalue weighted by Crippen LogP contribution is -2.38. The number of carbonyl (C=O) groups excluding carboxylic acids is 1. The van der Waals surface area contributed by atoms with E-state index in [0.717, 1.165) is 26.1 Å². The highest BCUT2D eigenvalue weighted by Crippen LogP contribution is 2.18. The molecule has 0 aromatic heterocycles. The minimum absolute atomic E-state index is 0.194. The monoisotopic (exact) mass is 212 g/mol. The molecule has 1 fully saturated rings. The first kappa shape index (κ1) is 12.5. The Bertz CT molecular complexity index is 218. The van der Waals surface area contributed by atoms with Crippen molar-refractivity contribution in [1.82, 2.24) is 10.2 Å². The van der Waals surface area contributed by atoms with E-state index in [9.17, 15) is 4.79 Å². The molecule has 1 unspecified atom stereocenters. The lowest BCUT2D eigenvalue weighted by molar-refractivity contribution is -0.135. The summed E-state index contributed by atoms with van der Waals surface area (Å²) in [6.45, 7) is 9.24. The van der Waals surface area contributed by atoms with Gasteiger partial charge in [0.15, 0.2) is 0 Å². The SMILES string of the molecule is CCC(C)CN(C)C(=O)[C@@H]1CNC[C@H]1C. The summed E-state index contributed by atoms with van der Waals surface area (Å²) in [5.74, 6) is 1.59. The molecule has 88 valence electrons. The average molecular weight is 212 g/mol. The zero-order chi connectivity index (χ0) is 11.4. The van der Waals surface area contributed by atoms with Gasteiger partial charge in [-0.2, -0.15) is 0 Å². The smallest absolute Gasteiger partial charge is 0.227 e. The standard InChI is InChI=1S/C12H24N2O/c1-5-9(2)8-14(4)12(15)11-7-13-6-10(11)3/h9-11,13H,5-8H2,1-4H3/t9?,10-,11-/m1/s1. The molecule has 3 atom stereocenters. The maximum absolute atomic E-state index is 12.1. The second-order valence-corrected chi connectivity index (χ2v) is 4.97. The van der Waals surface area contributed by atoms with E-state index < -0.39 is 0 Å². The number of nitrogens with zero attached hydrogens (tertiary/aromatic N) is 1. The molecule has 1 aliphatic heterocycles. The number of carbonyl (C=O) groups is 1. The van der Waals surface area contributed by atoms with Crippen LogP contribution in [0.15, 0.2) is 0 Å². The summed E-state index contributed by atoms with van der Waals surface area (Å²) in [6, 6.07) is 0. The Kier molecular flexibility index (Phi) is 4.58. The van der Waals surface area contributed by atoms with E-state index >= 15 is 0 Å². The Labute approximate surface area is 93.2 Å². The van der Waals surface area contributed by atoms with Gasteiger partial charge in [0.2, 0.25) is 5.91 Å². The van der Waals surface area contributed by atoms with Crippen LogP contribution in [0.2, 0.25) is 0 Å². The van der Waals surface area contributed by atoms with Crippen LogP contribution in [0.5, 0.6) is 0 Å². The molecular weight excluding hydrogens is 188 g/mol. The fraction of sp³-hybridized carbons (Fsp3) is 0.917. The molecule has 1 heterocycles. The molecule has 1 rings (SSSR count). The van der Waals surface area contributed by atoms with E-state index in [2.05, 4.69) is 26.1 Å². The van der Waals surface area contributed by atoms with Crippen molar-refractivity contribution in [3.8, 4) is 0 Å². The summed E-state index contributed by atoms with van der Waals surface area (Å²) in [5.41, 5.74) is 0. The lowest BCUT2D eigenvalue weighted by Gasteiger charge is -2.25. The summed E-state index contributed by atoms with van der Waals surface area (Å²) in [5, 5.41) is 3.28. The molecule has 0 bridgehead atoms. The van der Waals surface area contributed by atoms with Gasteiger partial charge < -0.3 is 10.2 Å². The van der Waals surface area contributed by atoms with Crippen LogP contribution in [0.1, 0.15) is 27.2 Å². The third-order valence-corrected chi connectivity index (χ3v) is 3.49. The molecule has 1 N–H and O–H groups in total. The van der Waals surface area contributed by atoms with Gasteiger partial charge in [0.1, 0.15) is 0 Å². The van der Waals surface area contributed by atoms with Crippen molar-refractivity contribution in [1.29, 1.82) is 0 Å². The van der Waals surface area contributed by atoms with Crippen molar-refractivity contribution in [3.05, 3.63) is 0 Å². The molecule has 1 aliphatic rings. The molecule has 3 nitrogen and oxygen atoms in total. The van der Waals surface area contributed by atoms with E-state index in [0.29, 0.717) is 17.7 Å². The van der Waals surface area contributed by atoms with Crippen LogP contribution in [-0.4, -0.2) is 37.5 Å². The predicted molar refractivity (Wildman–Crippen MR) is 62.6 cm³/mol. The van der Waals surface area contributed by atoms with Crippen LogP contribution in [-0.2, 0) is 4.79 Å². The maximum atomic E-state index is 12.1. The highest BCUT2D eigenvalue weighted by Gasteiger charge is 2.31. The molecule has 0 saturated carbocycles. The van der Waals surface area contributed by atoms with Crippen LogP contribution in [0, 0.1) is 17.8 Å². The molecule has 0 aliphatic carbocycles. The molecule has 1 saturated heterocycles. The van der Waals surface area contributed by atoms with Crippen LogP contribution in [0.25, 0.3) is 0 Å². The summed E-state index contributed by atoms with van der Waals surface area (Å²) in [7, 11) is 1.93. The van der Waals surface area contributed by atoms with Crippen molar-refractivity contribution in [2.75, 3.05) is 26.7 Å². The summed E-state index contributed by atoms with van der Waals surface area (Å²) >= 11 is 0. The molecule has 0 radical (unpaired) electrons. The van der Waals surface area contributed by atoms with Crippen LogP contribution < -0.4 is 5.32 Å². The van der Waals surface area contributed by atoms with Crippen LogP contribution >= 0.6 is 0 Å². The fourth-order valence-corrected chi connectivity index (χ4v) is 2.11. The van der Waals surface area contributed by atoms with Crippen molar-refractivity contribution >= 4 is 5.91 Å². The third kappa shape index (κ3) is 3.20. The van der Waals surface area contributed by atoms with Gasteiger partial charge in [-0.05, 0) is 18.4 Å². The minimum atomic E-state index is 0.194. The van der Waals surface area contributed by atoms with Crippen molar-refractivity contribution < 1.29 is 4.79 Å². The van der Waals surface area contributed by atoms with Crippen LogP contribution in [0.3, 0.4) is 0 Å². The van der Waals surface area contributed by atoms with E-state index in [1.807, 2.05) is 11.9 Å². The maximum Gasteiger partial charge on any atom is 0.227 e. The number of hydrogen-bond acceptors (Lipinski definition) is 2. The Morgan fingerprint density at radius 3 is 2.67 bits per heavy atom. The molecular formula is C12H24N2O. The quantitative estimate of drug-likeness (QED) is 0.763. The van der Waals surface area contributed by atoms with E-state index in [1.165, 1.54) is 0 Å². The molecule has 1 amide bonds. The first-order valence-electron chi connectivity index (χ1n) is 6.02. The molecule has 3 heteroatoms. The normalized spacial score (nSPS) is 27.7. The number of hydrogen-bond donors (Lipinski definition) is 1. The number of rotatable bonds is 4. The van der Waals surface area contributed by atoms with Gasteiger partial charge in [-0.25, -0.2) is 0 Å². The molecule has 15 heavy (non-hydrogen) atoms. The van der Waals surface area contributed by atoms with Gasteiger partial charge in [0.25, 0.3) is 0 Å². The number of amides is 1. The van der Waals surface area contributed by atoms with E-state index in [-0.39, 0.29) is 5.92 Å². The van der Waals surface area contributed by atoms with E-state index in [1.54, 1.807) is 0 Å². The van der Waals surface area contributed by atoms with Crippen LogP contribution in [0.4, 0.5) is 0 Å². The van der Waals surface area contributed by atoms with Crippen molar-refractivity contribution in [3.63, 3.8) is 0 Å².